The van der Waals surface area contributed by atoms with Gasteiger partial charge in [-0.05, 0) is 95.1 Å². The molecule has 0 spiro atoms. The molecule has 222 valence electrons. The standard InChI is InChI=1S/C44H26N4/c45-27-29-20-21-44-40(22-29)39-16-5-8-19-43(39)47(44)34-12-9-11-30(24-34)32-23-33(36-13-2-1-10-31(36)28-46)26-35(25-32)48-41-17-6-3-14-37(41)38-15-4-7-18-42(38)48/h1-26H. The van der Waals surface area contributed by atoms with Gasteiger partial charge in [-0.3, -0.25) is 0 Å². The molecule has 9 rings (SSSR count). The zero-order valence-electron chi connectivity index (χ0n) is 25.8. The smallest absolute Gasteiger partial charge is 0.0998 e. The highest BCUT2D eigenvalue weighted by molar-refractivity contribution is 6.10. The van der Waals surface area contributed by atoms with Crippen LogP contribution in [0.1, 0.15) is 11.1 Å². The van der Waals surface area contributed by atoms with Crippen LogP contribution in [-0.4, -0.2) is 9.13 Å². The summed E-state index contributed by atoms with van der Waals surface area (Å²) in [5, 5.41) is 24.3. The Bertz CT molecular complexity index is 2760. The van der Waals surface area contributed by atoms with Gasteiger partial charge in [0.15, 0.2) is 0 Å². The molecule has 0 aliphatic rings. The van der Waals surface area contributed by atoms with Crippen molar-refractivity contribution in [1.29, 1.82) is 10.5 Å². The van der Waals surface area contributed by atoms with Crippen molar-refractivity contribution in [3.63, 3.8) is 0 Å². The lowest BCUT2D eigenvalue weighted by molar-refractivity contribution is 1.17. The molecule has 0 atom stereocenters. The molecule has 4 nitrogen and oxygen atoms in total. The SMILES string of the molecule is N#Cc1ccc2c(c1)c1ccccc1n2-c1cccc(-c2cc(-c3ccccc3C#N)cc(-n3c4ccccc4c4ccccc43)c2)c1. The molecular weight excluding hydrogens is 585 g/mol. The lowest BCUT2D eigenvalue weighted by Gasteiger charge is -2.15. The Balaban J connectivity index is 1.31. The molecule has 2 heterocycles. The van der Waals surface area contributed by atoms with Gasteiger partial charge < -0.3 is 9.13 Å². The second-order valence-corrected chi connectivity index (χ2v) is 12.0. The third-order valence-electron chi connectivity index (χ3n) is 9.35. The number of fused-ring (bicyclic) bond motifs is 6. The van der Waals surface area contributed by atoms with Crippen LogP contribution in [0, 0.1) is 22.7 Å². The molecule has 0 aliphatic carbocycles. The highest BCUT2D eigenvalue weighted by Crippen LogP contribution is 2.38. The summed E-state index contributed by atoms with van der Waals surface area (Å²) in [7, 11) is 0. The van der Waals surface area contributed by atoms with Crippen LogP contribution in [0.15, 0.2) is 158 Å². The van der Waals surface area contributed by atoms with Gasteiger partial charge in [0, 0.05) is 32.9 Å². The molecule has 0 fully saturated rings. The maximum Gasteiger partial charge on any atom is 0.0998 e. The van der Waals surface area contributed by atoms with Gasteiger partial charge in [-0.2, -0.15) is 10.5 Å². The monoisotopic (exact) mass is 610 g/mol. The summed E-state index contributed by atoms with van der Waals surface area (Å²) in [4.78, 5) is 0. The fourth-order valence-corrected chi connectivity index (χ4v) is 7.24. The Kier molecular flexibility index (Phi) is 6.22. The molecule has 0 aliphatic heterocycles. The zero-order valence-corrected chi connectivity index (χ0v) is 25.8. The third kappa shape index (κ3) is 4.22. The van der Waals surface area contributed by atoms with Crippen molar-refractivity contribution in [2.24, 2.45) is 0 Å². The number of para-hydroxylation sites is 3. The van der Waals surface area contributed by atoms with Crippen molar-refractivity contribution < 1.29 is 0 Å². The van der Waals surface area contributed by atoms with E-state index in [9.17, 15) is 10.5 Å². The van der Waals surface area contributed by atoms with Crippen LogP contribution < -0.4 is 0 Å². The number of nitrogens with zero attached hydrogens (tertiary/aromatic N) is 4. The van der Waals surface area contributed by atoms with Crippen molar-refractivity contribution in [2.45, 2.75) is 0 Å². The fourth-order valence-electron chi connectivity index (χ4n) is 7.24. The minimum Gasteiger partial charge on any atom is -0.309 e. The average molecular weight is 611 g/mol. The van der Waals surface area contributed by atoms with Crippen LogP contribution in [0.25, 0.3) is 77.2 Å². The summed E-state index contributed by atoms with van der Waals surface area (Å²) < 4.78 is 4.61. The van der Waals surface area contributed by atoms with Crippen LogP contribution in [0.5, 0.6) is 0 Å². The zero-order chi connectivity index (χ0) is 32.2. The van der Waals surface area contributed by atoms with Crippen molar-refractivity contribution >= 4 is 43.6 Å². The van der Waals surface area contributed by atoms with Crippen molar-refractivity contribution in [3.05, 3.63) is 169 Å². The van der Waals surface area contributed by atoms with E-state index in [2.05, 4.69) is 130 Å². The number of hydrogen-bond acceptors (Lipinski definition) is 2. The molecule has 0 N–H and O–H groups in total. The molecule has 0 unspecified atom stereocenters. The number of hydrogen-bond donors (Lipinski definition) is 0. The molecular formula is C44H26N4. The van der Waals surface area contributed by atoms with Crippen LogP contribution in [-0.2, 0) is 0 Å². The Labute approximate surface area is 277 Å². The number of rotatable bonds is 4. The summed E-state index contributed by atoms with van der Waals surface area (Å²) in [6.45, 7) is 0. The van der Waals surface area contributed by atoms with Crippen molar-refractivity contribution in [1.82, 2.24) is 9.13 Å². The Morgan fingerprint density at radius 1 is 0.375 bits per heavy atom. The van der Waals surface area contributed by atoms with Gasteiger partial charge in [-0.15, -0.1) is 0 Å². The molecule has 0 radical (unpaired) electrons. The first kappa shape index (κ1) is 27.4. The van der Waals surface area contributed by atoms with E-state index in [-0.39, 0.29) is 0 Å². The second kappa shape index (κ2) is 10.9. The number of nitriles is 2. The van der Waals surface area contributed by atoms with E-state index in [4.69, 9.17) is 0 Å². The lowest BCUT2D eigenvalue weighted by Crippen LogP contribution is -1.97. The highest BCUT2D eigenvalue weighted by Gasteiger charge is 2.17. The maximum atomic E-state index is 10.1. The van der Waals surface area contributed by atoms with Crippen molar-refractivity contribution in [3.8, 4) is 45.8 Å². The molecule has 2 aromatic heterocycles. The van der Waals surface area contributed by atoms with E-state index < -0.39 is 0 Å². The van der Waals surface area contributed by atoms with Crippen molar-refractivity contribution in [2.75, 3.05) is 0 Å². The minimum atomic E-state index is 0.638. The predicted octanol–water partition coefficient (Wildman–Crippen LogP) is 11.0. The van der Waals surface area contributed by atoms with E-state index in [1.807, 2.05) is 48.5 Å². The Morgan fingerprint density at radius 2 is 0.938 bits per heavy atom. The van der Waals surface area contributed by atoms with Gasteiger partial charge in [0.1, 0.15) is 0 Å². The van der Waals surface area contributed by atoms with E-state index >= 15 is 0 Å². The summed E-state index contributed by atoms with van der Waals surface area (Å²) in [6.07, 6.45) is 0. The summed E-state index contributed by atoms with van der Waals surface area (Å²) in [5.74, 6) is 0. The number of aromatic nitrogens is 2. The largest absolute Gasteiger partial charge is 0.309 e. The first-order valence-corrected chi connectivity index (χ1v) is 15.9. The molecule has 48 heavy (non-hydrogen) atoms. The van der Waals surface area contributed by atoms with E-state index in [0.717, 1.165) is 66.5 Å². The van der Waals surface area contributed by atoms with Gasteiger partial charge in [0.05, 0.1) is 45.3 Å². The molecule has 0 amide bonds. The second-order valence-electron chi connectivity index (χ2n) is 12.0. The first-order valence-electron chi connectivity index (χ1n) is 15.9. The van der Waals surface area contributed by atoms with E-state index in [1.165, 1.54) is 10.8 Å². The van der Waals surface area contributed by atoms with E-state index in [1.54, 1.807) is 0 Å². The van der Waals surface area contributed by atoms with Gasteiger partial charge >= 0.3 is 0 Å². The van der Waals surface area contributed by atoms with Crippen LogP contribution in [0.4, 0.5) is 0 Å². The molecule has 4 heteroatoms. The Morgan fingerprint density at radius 3 is 1.62 bits per heavy atom. The van der Waals surface area contributed by atoms with Gasteiger partial charge in [0.2, 0.25) is 0 Å². The summed E-state index contributed by atoms with van der Waals surface area (Å²) >= 11 is 0. The van der Waals surface area contributed by atoms with Gasteiger partial charge in [0.25, 0.3) is 0 Å². The van der Waals surface area contributed by atoms with Gasteiger partial charge in [-0.1, -0.05) is 84.9 Å². The molecule has 7 aromatic carbocycles. The summed E-state index contributed by atoms with van der Waals surface area (Å²) in [6, 6.07) is 59.1. The lowest BCUT2D eigenvalue weighted by atomic mass is 9.95. The topological polar surface area (TPSA) is 57.4 Å². The Hall–Kier alpha value is -6.88. The van der Waals surface area contributed by atoms with Gasteiger partial charge in [-0.25, -0.2) is 0 Å². The third-order valence-corrected chi connectivity index (χ3v) is 9.35. The molecule has 9 aromatic rings. The van der Waals surface area contributed by atoms with Crippen LogP contribution in [0.3, 0.4) is 0 Å². The van der Waals surface area contributed by atoms with Crippen LogP contribution >= 0.6 is 0 Å². The van der Waals surface area contributed by atoms with Crippen LogP contribution in [0.2, 0.25) is 0 Å². The maximum absolute atomic E-state index is 10.1. The molecule has 0 saturated heterocycles. The quantitative estimate of drug-likeness (QED) is 0.199. The predicted molar refractivity (Wildman–Crippen MR) is 195 cm³/mol. The van der Waals surface area contributed by atoms with E-state index in [0.29, 0.717) is 11.1 Å². The normalized spacial score (nSPS) is 11.3. The summed E-state index contributed by atoms with van der Waals surface area (Å²) in [5.41, 5.74) is 11.7. The molecule has 0 saturated carbocycles. The average Bonchev–Trinajstić information content (AvgIpc) is 3.67. The first-order chi connectivity index (χ1) is 23.7. The molecule has 0 bridgehead atoms. The minimum absolute atomic E-state index is 0.638. The highest BCUT2D eigenvalue weighted by atomic mass is 15.0. The fraction of sp³-hybridized carbons (Fsp3) is 0. The number of benzene rings is 7.